The third kappa shape index (κ3) is 2.97. The van der Waals surface area contributed by atoms with Gasteiger partial charge in [0, 0.05) is 0 Å². The maximum absolute atomic E-state index is 12.9. The number of carbonyl (C=O) groups excluding carboxylic acids is 2. The number of hydrogen-bond acceptors (Lipinski definition) is 3. The zero-order chi connectivity index (χ0) is 19.0. The summed E-state index contributed by atoms with van der Waals surface area (Å²) in [6, 6.07) is 15.0. The molecular formula is C21H23N4O2+. The molecule has 1 aliphatic rings. The van der Waals surface area contributed by atoms with E-state index in [1.807, 2.05) is 48.5 Å². The number of aromatic nitrogens is 2. The van der Waals surface area contributed by atoms with E-state index in [1.54, 1.807) is 0 Å². The predicted octanol–water partition coefficient (Wildman–Crippen LogP) is 2.78. The first-order valence-electron chi connectivity index (χ1n) is 9.35. The Balaban J connectivity index is 1.60. The molecule has 1 aromatic heterocycles. The van der Waals surface area contributed by atoms with Crippen molar-refractivity contribution < 1.29 is 14.2 Å². The van der Waals surface area contributed by atoms with Gasteiger partial charge in [0.25, 0.3) is 5.91 Å². The van der Waals surface area contributed by atoms with Gasteiger partial charge in [0.1, 0.15) is 11.0 Å². The fraction of sp³-hybridized carbons (Fsp3) is 0.286. The average Bonchev–Trinajstić information content (AvgIpc) is 3.18. The number of anilines is 2. The fourth-order valence-electron chi connectivity index (χ4n) is 3.63. The number of nitrogens with zero attached hydrogens (tertiary/aromatic N) is 2. The van der Waals surface area contributed by atoms with Crippen LogP contribution in [0.2, 0.25) is 0 Å². The fourth-order valence-corrected chi connectivity index (χ4v) is 3.63. The average molecular weight is 363 g/mol. The number of amides is 2. The van der Waals surface area contributed by atoms with Crippen LogP contribution >= 0.6 is 0 Å². The summed E-state index contributed by atoms with van der Waals surface area (Å²) in [5.41, 5.74) is 3.86. The SMILES string of the molecule is CCc1ccc(N2C(=O)CC(Nc3[nH]c4ccccc4[n+]3CC)C2=O)cc1. The molecule has 0 spiro atoms. The number of aryl methyl sites for hydroxylation is 2. The highest BCUT2D eigenvalue weighted by Gasteiger charge is 2.42. The van der Waals surface area contributed by atoms with Crippen molar-refractivity contribution in [3.8, 4) is 0 Å². The van der Waals surface area contributed by atoms with Crippen LogP contribution in [-0.2, 0) is 22.6 Å². The molecule has 0 aliphatic carbocycles. The number of nitrogens with one attached hydrogen (secondary N) is 2. The van der Waals surface area contributed by atoms with Crippen LogP contribution in [0.4, 0.5) is 11.6 Å². The van der Waals surface area contributed by atoms with E-state index in [0.717, 1.165) is 29.9 Å². The Morgan fingerprint density at radius 1 is 1.11 bits per heavy atom. The van der Waals surface area contributed by atoms with Crippen molar-refractivity contribution >= 4 is 34.5 Å². The zero-order valence-electron chi connectivity index (χ0n) is 15.5. The summed E-state index contributed by atoms with van der Waals surface area (Å²) in [5, 5.41) is 3.25. The molecule has 2 aromatic carbocycles. The second-order valence-electron chi connectivity index (χ2n) is 6.72. The summed E-state index contributed by atoms with van der Waals surface area (Å²) in [6.45, 7) is 4.88. The molecule has 0 saturated carbocycles. The summed E-state index contributed by atoms with van der Waals surface area (Å²) in [5.74, 6) is 0.347. The molecule has 2 N–H and O–H groups in total. The number of para-hydroxylation sites is 2. The second-order valence-corrected chi connectivity index (χ2v) is 6.72. The van der Waals surface area contributed by atoms with Gasteiger partial charge in [0.05, 0.1) is 18.7 Å². The molecule has 6 nitrogen and oxygen atoms in total. The number of carbonyl (C=O) groups is 2. The van der Waals surface area contributed by atoms with Crippen LogP contribution in [-0.4, -0.2) is 22.8 Å². The highest BCUT2D eigenvalue weighted by atomic mass is 16.2. The number of benzene rings is 2. The second kappa shape index (κ2) is 6.87. The van der Waals surface area contributed by atoms with Crippen molar-refractivity contribution in [2.45, 2.75) is 39.3 Å². The van der Waals surface area contributed by atoms with Crippen LogP contribution in [0.5, 0.6) is 0 Å². The van der Waals surface area contributed by atoms with E-state index in [4.69, 9.17) is 0 Å². The molecule has 3 aromatic rings. The van der Waals surface area contributed by atoms with E-state index >= 15 is 0 Å². The molecule has 1 unspecified atom stereocenters. The molecule has 1 fully saturated rings. The summed E-state index contributed by atoms with van der Waals surface area (Å²) < 4.78 is 2.08. The van der Waals surface area contributed by atoms with E-state index in [2.05, 4.69) is 28.7 Å². The van der Waals surface area contributed by atoms with Crippen molar-refractivity contribution in [2.75, 3.05) is 10.2 Å². The largest absolute Gasteiger partial charge is 0.356 e. The maximum Gasteiger partial charge on any atom is 0.356 e. The van der Waals surface area contributed by atoms with Crippen LogP contribution in [0.1, 0.15) is 25.8 Å². The number of imide groups is 1. The maximum atomic E-state index is 12.9. The van der Waals surface area contributed by atoms with Gasteiger partial charge in [-0.25, -0.2) is 14.5 Å². The molecule has 27 heavy (non-hydrogen) atoms. The predicted molar refractivity (Wildman–Crippen MR) is 105 cm³/mol. The topological polar surface area (TPSA) is 69.1 Å². The number of aromatic amines is 1. The Morgan fingerprint density at radius 3 is 2.56 bits per heavy atom. The Kier molecular flexibility index (Phi) is 4.39. The van der Waals surface area contributed by atoms with E-state index in [1.165, 1.54) is 10.5 Å². The van der Waals surface area contributed by atoms with Crippen LogP contribution in [0.3, 0.4) is 0 Å². The lowest BCUT2D eigenvalue weighted by Gasteiger charge is -2.14. The van der Waals surface area contributed by atoms with Crippen molar-refractivity contribution in [2.24, 2.45) is 0 Å². The molecule has 1 saturated heterocycles. The summed E-state index contributed by atoms with van der Waals surface area (Å²) in [6.07, 6.45) is 1.07. The lowest BCUT2D eigenvalue weighted by Crippen LogP contribution is -2.40. The summed E-state index contributed by atoms with van der Waals surface area (Å²) in [4.78, 5) is 30.0. The molecular weight excluding hydrogens is 340 g/mol. The van der Waals surface area contributed by atoms with Crippen molar-refractivity contribution in [3.05, 3.63) is 54.1 Å². The minimum Gasteiger partial charge on any atom is -0.274 e. The van der Waals surface area contributed by atoms with Crippen LogP contribution in [0.15, 0.2) is 48.5 Å². The normalized spacial score (nSPS) is 17.1. The lowest BCUT2D eigenvalue weighted by atomic mass is 10.1. The molecule has 0 bridgehead atoms. The number of H-pyrrole nitrogens is 1. The van der Waals surface area contributed by atoms with Crippen molar-refractivity contribution in [1.29, 1.82) is 0 Å². The van der Waals surface area contributed by atoms with Crippen molar-refractivity contribution in [3.63, 3.8) is 0 Å². The highest BCUT2D eigenvalue weighted by Crippen LogP contribution is 2.25. The molecule has 1 atom stereocenters. The van der Waals surface area contributed by atoms with Gasteiger partial charge < -0.3 is 0 Å². The third-order valence-corrected chi connectivity index (χ3v) is 5.09. The van der Waals surface area contributed by atoms with Crippen molar-refractivity contribution in [1.82, 2.24) is 4.98 Å². The first kappa shape index (κ1) is 17.3. The van der Waals surface area contributed by atoms with E-state index in [-0.39, 0.29) is 18.2 Å². The van der Waals surface area contributed by atoms with Gasteiger partial charge in [-0.1, -0.05) is 31.2 Å². The summed E-state index contributed by atoms with van der Waals surface area (Å²) in [7, 11) is 0. The molecule has 6 heteroatoms. The molecule has 2 amide bonds. The number of rotatable bonds is 5. The Labute approximate surface area is 157 Å². The molecule has 4 rings (SSSR count). The van der Waals surface area contributed by atoms with E-state index in [9.17, 15) is 9.59 Å². The van der Waals surface area contributed by atoms with Gasteiger partial charge in [-0.2, -0.15) is 0 Å². The summed E-state index contributed by atoms with van der Waals surface area (Å²) >= 11 is 0. The van der Waals surface area contributed by atoms with Gasteiger partial charge in [-0.15, -0.1) is 0 Å². The van der Waals surface area contributed by atoms with E-state index in [0.29, 0.717) is 5.69 Å². The zero-order valence-corrected chi connectivity index (χ0v) is 15.5. The first-order valence-corrected chi connectivity index (χ1v) is 9.35. The smallest absolute Gasteiger partial charge is 0.274 e. The lowest BCUT2D eigenvalue weighted by molar-refractivity contribution is -0.653. The third-order valence-electron chi connectivity index (χ3n) is 5.09. The Bertz CT molecular complexity index is 1010. The van der Waals surface area contributed by atoms with Gasteiger partial charge in [-0.3, -0.25) is 14.9 Å². The molecule has 138 valence electrons. The molecule has 2 heterocycles. The first-order chi connectivity index (χ1) is 13.1. The van der Waals surface area contributed by atoms with Gasteiger partial charge >= 0.3 is 5.95 Å². The minimum atomic E-state index is -0.575. The Hall–Kier alpha value is -3.15. The highest BCUT2D eigenvalue weighted by molar-refractivity contribution is 6.23. The number of hydrogen-bond donors (Lipinski definition) is 2. The van der Waals surface area contributed by atoms with Crippen LogP contribution in [0, 0.1) is 0 Å². The standard InChI is InChI=1S/C21H22N4O2/c1-3-14-9-11-15(12-10-14)25-19(26)13-17(20(25)27)23-21-22-16-7-5-6-8-18(16)24(21)4-2/h5-12,17H,3-4,13H2,1-2H3,(H,22,23)/p+1. The van der Waals surface area contributed by atoms with Gasteiger partial charge in [0.2, 0.25) is 5.91 Å². The Morgan fingerprint density at radius 2 is 1.85 bits per heavy atom. The van der Waals surface area contributed by atoms with Gasteiger partial charge in [0.15, 0.2) is 6.04 Å². The number of fused-ring (bicyclic) bond motifs is 1. The van der Waals surface area contributed by atoms with Crippen LogP contribution < -0.4 is 14.8 Å². The number of imidazole rings is 1. The molecule has 0 radical (unpaired) electrons. The quantitative estimate of drug-likeness (QED) is 0.541. The monoisotopic (exact) mass is 363 g/mol. The van der Waals surface area contributed by atoms with E-state index < -0.39 is 6.04 Å². The van der Waals surface area contributed by atoms with Crippen LogP contribution in [0.25, 0.3) is 11.0 Å². The molecule has 1 aliphatic heterocycles. The van der Waals surface area contributed by atoms with Gasteiger partial charge in [-0.05, 0) is 43.2 Å². The minimum absolute atomic E-state index is 0.146.